The molecule has 1 aromatic heterocycles. The fourth-order valence-electron chi connectivity index (χ4n) is 2.94. The van der Waals surface area contributed by atoms with Crippen molar-refractivity contribution in [1.29, 1.82) is 0 Å². The molecule has 0 spiro atoms. The quantitative estimate of drug-likeness (QED) is 0.869. The van der Waals surface area contributed by atoms with Crippen LogP contribution in [0.4, 0.5) is 0 Å². The van der Waals surface area contributed by atoms with Gasteiger partial charge in [0.25, 0.3) is 0 Å². The third-order valence-electron chi connectivity index (χ3n) is 4.30. The van der Waals surface area contributed by atoms with Gasteiger partial charge in [0.05, 0.1) is 12.6 Å². The zero-order valence-electron chi connectivity index (χ0n) is 13.5. The van der Waals surface area contributed by atoms with Gasteiger partial charge in [0.15, 0.2) is 0 Å². The van der Waals surface area contributed by atoms with Crippen molar-refractivity contribution in [2.24, 2.45) is 5.73 Å². The van der Waals surface area contributed by atoms with E-state index in [1.54, 1.807) is 7.11 Å². The fourth-order valence-corrected chi connectivity index (χ4v) is 3.07. The van der Waals surface area contributed by atoms with E-state index in [-0.39, 0.29) is 24.6 Å². The number of likely N-dealkylation sites (tertiary alicyclic amines) is 1. The first-order valence-electron chi connectivity index (χ1n) is 7.75. The molecular formula is C16H22Cl2N4O2. The second-order valence-electron chi connectivity index (χ2n) is 5.76. The van der Waals surface area contributed by atoms with Crippen LogP contribution in [0.1, 0.15) is 18.7 Å². The fraction of sp³-hybridized carbons (Fsp3) is 0.500. The minimum atomic E-state index is 0. The molecule has 0 bridgehead atoms. The summed E-state index contributed by atoms with van der Waals surface area (Å²) in [6.45, 7) is 2.12. The summed E-state index contributed by atoms with van der Waals surface area (Å²) in [5, 5.41) is 4.74. The molecule has 8 heteroatoms. The number of piperidine rings is 1. The molecule has 1 saturated heterocycles. The van der Waals surface area contributed by atoms with Crippen molar-refractivity contribution in [1.82, 2.24) is 15.0 Å². The summed E-state index contributed by atoms with van der Waals surface area (Å²) >= 11 is 5.90. The van der Waals surface area contributed by atoms with E-state index < -0.39 is 0 Å². The number of rotatable bonds is 5. The van der Waals surface area contributed by atoms with E-state index in [1.165, 1.54) is 0 Å². The molecule has 2 atom stereocenters. The van der Waals surface area contributed by atoms with Crippen molar-refractivity contribution in [2.45, 2.75) is 31.5 Å². The highest BCUT2D eigenvalue weighted by molar-refractivity contribution is 6.30. The smallest absolute Gasteiger partial charge is 0.241 e. The number of methoxy groups -OCH3 is 1. The van der Waals surface area contributed by atoms with Gasteiger partial charge in [0, 0.05) is 36.8 Å². The van der Waals surface area contributed by atoms with Crippen molar-refractivity contribution in [2.75, 3.05) is 20.2 Å². The minimum absolute atomic E-state index is 0. The van der Waals surface area contributed by atoms with Crippen LogP contribution in [0.15, 0.2) is 28.8 Å². The summed E-state index contributed by atoms with van der Waals surface area (Å²) in [6.07, 6.45) is 2.21. The Labute approximate surface area is 152 Å². The molecule has 2 aromatic rings. The molecule has 2 N–H and O–H groups in total. The molecule has 2 unspecified atom stereocenters. The zero-order chi connectivity index (χ0) is 16.2. The van der Waals surface area contributed by atoms with Crippen LogP contribution in [0.2, 0.25) is 5.02 Å². The van der Waals surface area contributed by atoms with Gasteiger partial charge in [0.2, 0.25) is 11.7 Å². The summed E-state index contributed by atoms with van der Waals surface area (Å²) < 4.78 is 10.8. The van der Waals surface area contributed by atoms with Crippen LogP contribution in [-0.2, 0) is 11.3 Å². The van der Waals surface area contributed by atoms with Gasteiger partial charge in [-0.2, -0.15) is 4.98 Å². The second kappa shape index (κ2) is 8.78. The van der Waals surface area contributed by atoms with Crippen LogP contribution < -0.4 is 5.73 Å². The van der Waals surface area contributed by atoms with Crippen molar-refractivity contribution >= 4 is 24.0 Å². The van der Waals surface area contributed by atoms with Gasteiger partial charge in [-0.1, -0.05) is 16.8 Å². The van der Waals surface area contributed by atoms with Gasteiger partial charge in [-0.05, 0) is 37.1 Å². The molecule has 0 saturated carbocycles. The van der Waals surface area contributed by atoms with Crippen LogP contribution in [0.5, 0.6) is 0 Å². The monoisotopic (exact) mass is 372 g/mol. The maximum Gasteiger partial charge on any atom is 0.241 e. The zero-order valence-corrected chi connectivity index (χ0v) is 15.1. The van der Waals surface area contributed by atoms with Gasteiger partial charge in [-0.3, -0.25) is 4.90 Å². The Balaban J connectivity index is 0.00000208. The number of benzene rings is 1. The lowest BCUT2D eigenvalue weighted by Crippen LogP contribution is -2.48. The predicted molar refractivity (Wildman–Crippen MR) is 95.3 cm³/mol. The van der Waals surface area contributed by atoms with E-state index in [2.05, 4.69) is 15.0 Å². The topological polar surface area (TPSA) is 77.4 Å². The van der Waals surface area contributed by atoms with Crippen molar-refractivity contribution in [3.63, 3.8) is 0 Å². The number of ether oxygens (including phenoxy) is 1. The number of hydrogen-bond donors (Lipinski definition) is 1. The van der Waals surface area contributed by atoms with Crippen molar-refractivity contribution in [3.8, 4) is 11.4 Å². The summed E-state index contributed by atoms with van der Waals surface area (Å²) in [5.74, 6) is 1.18. The normalized spacial score (nSPS) is 21.5. The molecule has 6 nitrogen and oxygen atoms in total. The van der Waals surface area contributed by atoms with Gasteiger partial charge in [0.1, 0.15) is 0 Å². The first kappa shape index (κ1) is 19.1. The van der Waals surface area contributed by atoms with Gasteiger partial charge in [-0.15, -0.1) is 12.4 Å². The Bertz CT molecular complexity index is 635. The van der Waals surface area contributed by atoms with Crippen LogP contribution in [0.3, 0.4) is 0 Å². The van der Waals surface area contributed by atoms with Crippen molar-refractivity contribution < 1.29 is 9.26 Å². The van der Waals surface area contributed by atoms with Gasteiger partial charge < -0.3 is 15.0 Å². The van der Waals surface area contributed by atoms with E-state index in [4.69, 9.17) is 26.6 Å². The Morgan fingerprint density at radius 3 is 2.79 bits per heavy atom. The molecule has 24 heavy (non-hydrogen) atoms. The predicted octanol–water partition coefficient (Wildman–Crippen LogP) is 2.75. The number of halogens is 2. The lowest BCUT2D eigenvalue weighted by atomic mass is 9.99. The molecule has 0 amide bonds. The number of aromatic nitrogens is 2. The van der Waals surface area contributed by atoms with E-state index in [9.17, 15) is 0 Å². The average molecular weight is 373 g/mol. The molecule has 1 aliphatic rings. The largest absolute Gasteiger partial charge is 0.381 e. The molecular weight excluding hydrogens is 351 g/mol. The summed E-state index contributed by atoms with van der Waals surface area (Å²) in [6, 6.07) is 7.66. The Kier molecular flexibility index (Phi) is 7.01. The first-order valence-corrected chi connectivity index (χ1v) is 8.13. The molecule has 0 aliphatic carbocycles. The summed E-state index contributed by atoms with van der Waals surface area (Å²) in [4.78, 5) is 6.76. The van der Waals surface area contributed by atoms with Gasteiger partial charge >= 0.3 is 0 Å². The summed E-state index contributed by atoms with van der Waals surface area (Å²) in [5.41, 5.74) is 6.79. The molecule has 1 aliphatic heterocycles. The van der Waals surface area contributed by atoms with Crippen LogP contribution >= 0.6 is 24.0 Å². The molecule has 0 radical (unpaired) electrons. The Morgan fingerprint density at radius 2 is 2.12 bits per heavy atom. The highest BCUT2D eigenvalue weighted by Gasteiger charge is 2.28. The molecule has 2 heterocycles. The number of nitrogens with zero attached hydrogens (tertiary/aromatic N) is 3. The van der Waals surface area contributed by atoms with E-state index >= 15 is 0 Å². The van der Waals surface area contributed by atoms with Gasteiger partial charge in [-0.25, -0.2) is 0 Å². The SMILES string of the molecule is COC1CCN(Cc2nc(-c3ccc(Cl)cc3)no2)C(CN)C1.Cl. The molecule has 3 rings (SSSR count). The van der Waals surface area contributed by atoms with Crippen LogP contribution in [-0.4, -0.2) is 47.4 Å². The number of hydrogen-bond acceptors (Lipinski definition) is 6. The summed E-state index contributed by atoms with van der Waals surface area (Å²) in [7, 11) is 1.75. The highest BCUT2D eigenvalue weighted by atomic mass is 35.5. The first-order chi connectivity index (χ1) is 11.2. The second-order valence-corrected chi connectivity index (χ2v) is 6.20. The lowest BCUT2D eigenvalue weighted by molar-refractivity contribution is 0.00676. The maximum absolute atomic E-state index is 5.90. The molecule has 1 fully saturated rings. The van der Waals surface area contributed by atoms with E-state index in [0.29, 0.717) is 29.8 Å². The number of nitrogens with two attached hydrogens (primary N) is 1. The maximum atomic E-state index is 5.90. The van der Waals surface area contributed by atoms with Crippen LogP contribution in [0.25, 0.3) is 11.4 Å². The lowest BCUT2D eigenvalue weighted by Gasteiger charge is -2.37. The third-order valence-corrected chi connectivity index (χ3v) is 4.56. The molecule has 1 aromatic carbocycles. The minimum Gasteiger partial charge on any atom is -0.381 e. The third kappa shape index (κ3) is 4.46. The highest BCUT2D eigenvalue weighted by Crippen LogP contribution is 2.23. The average Bonchev–Trinajstić information content (AvgIpc) is 3.04. The molecule has 132 valence electrons. The Hall–Kier alpha value is -1.18. The van der Waals surface area contributed by atoms with Crippen molar-refractivity contribution in [3.05, 3.63) is 35.2 Å². The van der Waals surface area contributed by atoms with E-state index in [0.717, 1.165) is 24.9 Å². The standard InChI is InChI=1S/C16H21ClN4O2.ClH/c1-22-14-6-7-21(13(8-14)9-18)10-15-19-16(20-23-15)11-2-4-12(17)5-3-11;/h2-5,13-14H,6-10,18H2,1H3;1H. The van der Waals surface area contributed by atoms with Crippen LogP contribution in [0, 0.1) is 0 Å². The Morgan fingerprint density at radius 1 is 1.38 bits per heavy atom. The van der Waals surface area contributed by atoms with E-state index in [1.807, 2.05) is 24.3 Å².